The van der Waals surface area contributed by atoms with Crippen LogP contribution in [-0.2, 0) is 10.0 Å². The maximum absolute atomic E-state index is 12.2. The molecule has 4 heterocycles. The van der Waals surface area contributed by atoms with Crippen LogP contribution in [0.4, 0.5) is 5.95 Å². The van der Waals surface area contributed by atoms with Gasteiger partial charge in [0.1, 0.15) is 11.4 Å². The SMILES string of the molecule is COc1cc(-c2nc3sccn3c2-c2ccnc(NCCN3CCCCS3(=O)=O)n2)ccc1Cl. The number of benzene rings is 1. The van der Waals surface area contributed by atoms with Crippen LogP contribution in [0.3, 0.4) is 0 Å². The predicted molar refractivity (Wildman–Crippen MR) is 134 cm³/mol. The number of nitrogens with zero attached hydrogens (tertiary/aromatic N) is 5. The lowest BCUT2D eigenvalue weighted by Gasteiger charge is -2.26. The van der Waals surface area contributed by atoms with Crippen LogP contribution < -0.4 is 10.1 Å². The molecular formula is C22H23ClN6O3S2. The van der Waals surface area contributed by atoms with Gasteiger partial charge in [0.25, 0.3) is 0 Å². The van der Waals surface area contributed by atoms with Gasteiger partial charge in [0.05, 0.1) is 29.3 Å². The monoisotopic (exact) mass is 518 g/mol. The first kappa shape index (κ1) is 23.0. The smallest absolute Gasteiger partial charge is 0.223 e. The zero-order chi connectivity index (χ0) is 23.7. The first-order chi connectivity index (χ1) is 16.5. The van der Waals surface area contributed by atoms with Gasteiger partial charge in [-0.25, -0.2) is 27.7 Å². The highest BCUT2D eigenvalue weighted by Crippen LogP contribution is 2.36. The van der Waals surface area contributed by atoms with Crippen molar-refractivity contribution in [1.82, 2.24) is 23.7 Å². The lowest BCUT2D eigenvalue weighted by Crippen LogP contribution is -2.40. The minimum absolute atomic E-state index is 0.217. The Morgan fingerprint density at radius 2 is 2.12 bits per heavy atom. The van der Waals surface area contributed by atoms with E-state index in [1.807, 2.05) is 34.2 Å². The van der Waals surface area contributed by atoms with E-state index in [0.717, 1.165) is 34.8 Å². The largest absolute Gasteiger partial charge is 0.495 e. The molecular weight excluding hydrogens is 496 g/mol. The lowest BCUT2D eigenvalue weighted by atomic mass is 10.1. The fraction of sp³-hybridized carbons (Fsp3) is 0.318. The van der Waals surface area contributed by atoms with Crippen molar-refractivity contribution >= 4 is 43.9 Å². The molecule has 0 aliphatic carbocycles. The Morgan fingerprint density at radius 3 is 2.94 bits per heavy atom. The van der Waals surface area contributed by atoms with Crippen LogP contribution >= 0.6 is 22.9 Å². The van der Waals surface area contributed by atoms with Gasteiger partial charge in [-0.05, 0) is 31.0 Å². The molecule has 12 heteroatoms. The summed E-state index contributed by atoms with van der Waals surface area (Å²) in [5.41, 5.74) is 3.13. The summed E-state index contributed by atoms with van der Waals surface area (Å²) in [4.78, 5) is 14.7. The molecule has 34 heavy (non-hydrogen) atoms. The third kappa shape index (κ3) is 4.48. The van der Waals surface area contributed by atoms with Crippen LogP contribution in [0.15, 0.2) is 42.0 Å². The maximum atomic E-state index is 12.2. The second-order valence-corrected chi connectivity index (χ2v) is 11.2. The van der Waals surface area contributed by atoms with Crippen molar-refractivity contribution in [3.63, 3.8) is 0 Å². The minimum Gasteiger partial charge on any atom is -0.495 e. The third-order valence-corrected chi connectivity index (χ3v) is 8.71. The second kappa shape index (κ2) is 9.49. The van der Waals surface area contributed by atoms with E-state index in [9.17, 15) is 8.42 Å². The molecule has 1 N–H and O–H groups in total. The summed E-state index contributed by atoms with van der Waals surface area (Å²) in [5, 5.41) is 5.66. The highest BCUT2D eigenvalue weighted by Gasteiger charge is 2.25. The number of fused-ring (bicyclic) bond motifs is 1. The topological polar surface area (TPSA) is 102 Å². The van der Waals surface area contributed by atoms with Gasteiger partial charge in [-0.3, -0.25) is 4.40 Å². The van der Waals surface area contributed by atoms with Crippen molar-refractivity contribution in [3.05, 3.63) is 47.1 Å². The number of nitrogens with one attached hydrogen (secondary N) is 1. The molecule has 5 rings (SSSR count). The van der Waals surface area contributed by atoms with Crippen LogP contribution in [0.1, 0.15) is 12.8 Å². The summed E-state index contributed by atoms with van der Waals surface area (Å²) in [6.45, 7) is 1.36. The summed E-state index contributed by atoms with van der Waals surface area (Å²) in [6, 6.07) is 7.38. The molecule has 0 amide bonds. The Kier molecular flexibility index (Phi) is 6.43. The van der Waals surface area contributed by atoms with Crippen molar-refractivity contribution in [2.45, 2.75) is 12.8 Å². The number of aromatic nitrogens is 4. The summed E-state index contributed by atoms with van der Waals surface area (Å²) in [6.07, 6.45) is 5.25. The fourth-order valence-electron chi connectivity index (χ4n) is 4.00. The van der Waals surface area contributed by atoms with Gasteiger partial charge in [0, 0.05) is 43.0 Å². The molecule has 3 aromatic heterocycles. The van der Waals surface area contributed by atoms with E-state index in [1.165, 1.54) is 15.6 Å². The molecule has 1 saturated heterocycles. The molecule has 4 aromatic rings. The average molecular weight is 519 g/mol. The van der Waals surface area contributed by atoms with Gasteiger partial charge < -0.3 is 10.1 Å². The number of hydrogen-bond donors (Lipinski definition) is 1. The zero-order valence-electron chi connectivity index (χ0n) is 18.4. The van der Waals surface area contributed by atoms with E-state index in [-0.39, 0.29) is 5.75 Å². The highest BCUT2D eigenvalue weighted by atomic mass is 35.5. The number of halogens is 1. The molecule has 0 atom stereocenters. The summed E-state index contributed by atoms with van der Waals surface area (Å²) in [7, 11) is -1.58. The van der Waals surface area contributed by atoms with E-state index in [2.05, 4.69) is 10.3 Å². The van der Waals surface area contributed by atoms with E-state index >= 15 is 0 Å². The normalized spacial score (nSPS) is 16.1. The number of sulfonamides is 1. The molecule has 0 radical (unpaired) electrons. The number of ether oxygens (including phenoxy) is 1. The molecule has 178 valence electrons. The van der Waals surface area contributed by atoms with Crippen molar-refractivity contribution in [2.75, 3.05) is 37.8 Å². The molecule has 1 aliphatic rings. The quantitative estimate of drug-likeness (QED) is 0.394. The number of anilines is 1. The Morgan fingerprint density at radius 1 is 1.24 bits per heavy atom. The highest BCUT2D eigenvalue weighted by molar-refractivity contribution is 7.89. The molecule has 9 nitrogen and oxygen atoms in total. The third-order valence-electron chi connectivity index (χ3n) is 5.68. The van der Waals surface area contributed by atoms with E-state index < -0.39 is 10.0 Å². The molecule has 1 fully saturated rings. The van der Waals surface area contributed by atoms with Crippen molar-refractivity contribution in [1.29, 1.82) is 0 Å². The molecule has 0 unspecified atom stereocenters. The number of thiazole rings is 1. The molecule has 1 aromatic carbocycles. The zero-order valence-corrected chi connectivity index (χ0v) is 20.8. The summed E-state index contributed by atoms with van der Waals surface area (Å²) in [5.74, 6) is 1.21. The van der Waals surface area contributed by atoms with Gasteiger partial charge in [-0.15, -0.1) is 11.3 Å². The average Bonchev–Trinajstić information content (AvgIpc) is 3.42. The summed E-state index contributed by atoms with van der Waals surface area (Å²) < 4.78 is 33.3. The van der Waals surface area contributed by atoms with Crippen molar-refractivity contribution in [3.8, 4) is 28.4 Å². The number of imidazole rings is 1. The first-order valence-electron chi connectivity index (χ1n) is 10.8. The van der Waals surface area contributed by atoms with Crippen LogP contribution in [-0.4, -0.2) is 64.6 Å². The van der Waals surface area contributed by atoms with Crippen LogP contribution in [0.2, 0.25) is 5.02 Å². The Hall–Kier alpha value is -2.73. The molecule has 0 bridgehead atoms. The maximum Gasteiger partial charge on any atom is 0.223 e. The van der Waals surface area contributed by atoms with E-state index in [1.54, 1.807) is 19.4 Å². The van der Waals surface area contributed by atoms with Crippen molar-refractivity contribution < 1.29 is 13.2 Å². The van der Waals surface area contributed by atoms with E-state index in [0.29, 0.717) is 42.0 Å². The van der Waals surface area contributed by atoms with Crippen LogP contribution in [0.5, 0.6) is 5.75 Å². The summed E-state index contributed by atoms with van der Waals surface area (Å²) >= 11 is 7.75. The molecule has 0 spiro atoms. The Bertz CT molecular complexity index is 1440. The van der Waals surface area contributed by atoms with Gasteiger partial charge >= 0.3 is 0 Å². The lowest BCUT2D eigenvalue weighted by molar-refractivity contribution is 0.393. The predicted octanol–water partition coefficient (Wildman–Crippen LogP) is 4.02. The van der Waals surface area contributed by atoms with Gasteiger partial charge in [0.2, 0.25) is 16.0 Å². The molecule has 0 saturated carbocycles. The standard InChI is InChI=1S/C22H23ClN6O3S2/c1-32-18-14-15(4-5-16(18)23)19-20(29-11-12-33-22(29)27-19)17-6-7-24-21(26-17)25-8-10-28-9-2-3-13-34(28,30)31/h4-7,11-12,14H,2-3,8-10,13H2,1H3,(H,24,25,26). The number of hydrogen-bond acceptors (Lipinski definition) is 8. The van der Waals surface area contributed by atoms with Gasteiger partial charge in [-0.1, -0.05) is 17.7 Å². The Balaban J connectivity index is 1.44. The number of methoxy groups -OCH3 is 1. The van der Waals surface area contributed by atoms with Crippen LogP contribution in [0, 0.1) is 0 Å². The van der Waals surface area contributed by atoms with Crippen LogP contribution in [0.25, 0.3) is 27.6 Å². The Labute approximate surface area is 206 Å². The van der Waals surface area contributed by atoms with Gasteiger partial charge in [0.15, 0.2) is 4.96 Å². The minimum atomic E-state index is -3.16. The fourth-order valence-corrected chi connectivity index (χ4v) is 6.51. The van der Waals surface area contributed by atoms with E-state index in [4.69, 9.17) is 26.3 Å². The van der Waals surface area contributed by atoms with Crippen molar-refractivity contribution in [2.24, 2.45) is 0 Å². The van der Waals surface area contributed by atoms with Gasteiger partial charge in [-0.2, -0.15) is 0 Å². The first-order valence-corrected chi connectivity index (χ1v) is 13.7. The number of rotatable bonds is 7. The molecule has 1 aliphatic heterocycles. The second-order valence-electron chi connectivity index (χ2n) is 7.83.